The average molecular weight is 313 g/mol. The number of rotatable bonds is 5. The molecule has 0 radical (unpaired) electrons. The number of nitrogens with two attached hydrogens (primary N) is 1. The van der Waals surface area contributed by atoms with Crippen LogP contribution in [0.3, 0.4) is 0 Å². The van der Waals surface area contributed by atoms with Crippen molar-refractivity contribution in [1.82, 2.24) is 4.57 Å². The molecule has 1 atom stereocenters. The molecule has 0 spiro atoms. The van der Waals surface area contributed by atoms with Crippen molar-refractivity contribution in [1.29, 1.82) is 5.26 Å². The van der Waals surface area contributed by atoms with Gasteiger partial charge in [0.15, 0.2) is 0 Å². The normalized spacial score (nSPS) is 17.0. The third kappa shape index (κ3) is 3.25. The minimum atomic E-state index is 0.0899. The van der Waals surface area contributed by atoms with Gasteiger partial charge in [0, 0.05) is 12.7 Å². The molecule has 1 saturated heterocycles. The number of hydrogen-bond donors (Lipinski definition) is 1. The first kappa shape index (κ1) is 15.3. The fourth-order valence-corrected chi connectivity index (χ4v) is 2.69. The van der Waals surface area contributed by atoms with E-state index in [0.717, 1.165) is 25.2 Å². The number of aromatic nitrogens is 1. The summed E-state index contributed by atoms with van der Waals surface area (Å²) in [6, 6.07) is 11.0. The lowest BCUT2D eigenvalue weighted by molar-refractivity contribution is 0.0952. The maximum atomic E-state index is 9.33. The minimum Gasteiger partial charge on any atom is -0.497 e. The third-order valence-electron chi connectivity index (χ3n) is 3.87. The largest absolute Gasteiger partial charge is 0.497 e. The SMILES string of the molecule is COc1ccc(Oc2c(N)cc(C#N)n2C[C@@H]2CCCO2)cc1. The molecule has 3 rings (SSSR count). The Labute approximate surface area is 135 Å². The van der Waals surface area contributed by atoms with Crippen LogP contribution in [0.25, 0.3) is 0 Å². The molecule has 1 aromatic carbocycles. The number of methoxy groups -OCH3 is 1. The molecule has 6 heteroatoms. The molecule has 6 nitrogen and oxygen atoms in total. The van der Waals surface area contributed by atoms with E-state index in [1.54, 1.807) is 29.9 Å². The Kier molecular flexibility index (Phi) is 4.40. The van der Waals surface area contributed by atoms with Gasteiger partial charge in [0.1, 0.15) is 23.3 Å². The van der Waals surface area contributed by atoms with Crippen LogP contribution in [0, 0.1) is 11.3 Å². The second kappa shape index (κ2) is 6.63. The van der Waals surface area contributed by atoms with Gasteiger partial charge in [-0.3, -0.25) is 4.57 Å². The first-order chi connectivity index (χ1) is 11.2. The first-order valence-electron chi connectivity index (χ1n) is 7.54. The van der Waals surface area contributed by atoms with Crippen LogP contribution in [-0.2, 0) is 11.3 Å². The fraction of sp³-hybridized carbons (Fsp3) is 0.353. The van der Waals surface area contributed by atoms with Crippen molar-refractivity contribution in [2.45, 2.75) is 25.5 Å². The lowest BCUT2D eigenvalue weighted by atomic mass is 10.2. The van der Waals surface area contributed by atoms with Gasteiger partial charge < -0.3 is 19.9 Å². The van der Waals surface area contributed by atoms with E-state index in [9.17, 15) is 5.26 Å². The van der Waals surface area contributed by atoms with Crippen molar-refractivity contribution in [3.05, 3.63) is 36.0 Å². The minimum absolute atomic E-state index is 0.0899. The molecule has 0 unspecified atom stereocenters. The van der Waals surface area contributed by atoms with Crippen LogP contribution >= 0.6 is 0 Å². The summed E-state index contributed by atoms with van der Waals surface area (Å²) < 4.78 is 18.5. The molecule has 0 amide bonds. The Hall–Kier alpha value is -2.65. The Balaban J connectivity index is 1.87. The number of nitrogen functional groups attached to an aromatic ring is 1. The number of benzene rings is 1. The predicted octanol–water partition coefficient (Wildman–Crippen LogP) is 2.92. The van der Waals surface area contributed by atoms with E-state index in [2.05, 4.69) is 6.07 Å². The number of anilines is 1. The summed E-state index contributed by atoms with van der Waals surface area (Å²) in [4.78, 5) is 0. The molecule has 2 heterocycles. The van der Waals surface area contributed by atoms with E-state index >= 15 is 0 Å². The summed E-state index contributed by atoms with van der Waals surface area (Å²) in [5.41, 5.74) is 6.95. The van der Waals surface area contributed by atoms with Gasteiger partial charge in [-0.1, -0.05) is 0 Å². The van der Waals surface area contributed by atoms with Crippen LogP contribution in [0.5, 0.6) is 17.4 Å². The van der Waals surface area contributed by atoms with Crippen LogP contribution in [0.4, 0.5) is 5.69 Å². The molecule has 120 valence electrons. The Morgan fingerprint density at radius 2 is 2.09 bits per heavy atom. The monoisotopic (exact) mass is 313 g/mol. The van der Waals surface area contributed by atoms with Crippen LogP contribution in [0.15, 0.2) is 30.3 Å². The lowest BCUT2D eigenvalue weighted by Crippen LogP contribution is -2.16. The maximum Gasteiger partial charge on any atom is 0.224 e. The van der Waals surface area contributed by atoms with Gasteiger partial charge in [-0.15, -0.1) is 0 Å². The quantitative estimate of drug-likeness (QED) is 0.917. The van der Waals surface area contributed by atoms with Gasteiger partial charge in [0.05, 0.1) is 25.4 Å². The highest BCUT2D eigenvalue weighted by Gasteiger charge is 2.22. The lowest BCUT2D eigenvalue weighted by Gasteiger charge is -2.16. The molecular formula is C17H19N3O3. The van der Waals surface area contributed by atoms with Crippen molar-refractivity contribution in [2.24, 2.45) is 0 Å². The molecule has 2 aromatic rings. The Morgan fingerprint density at radius 1 is 1.35 bits per heavy atom. The fourth-order valence-electron chi connectivity index (χ4n) is 2.69. The van der Waals surface area contributed by atoms with E-state index in [0.29, 0.717) is 29.6 Å². The summed E-state index contributed by atoms with van der Waals surface area (Å²) in [5.74, 6) is 1.86. The topological polar surface area (TPSA) is 82.4 Å². The molecule has 0 bridgehead atoms. The van der Waals surface area contributed by atoms with Gasteiger partial charge in [-0.05, 0) is 37.1 Å². The van der Waals surface area contributed by atoms with Crippen molar-refractivity contribution in [3.63, 3.8) is 0 Å². The van der Waals surface area contributed by atoms with E-state index in [4.69, 9.17) is 19.9 Å². The molecule has 1 aromatic heterocycles. The summed E-state index contributed by atoms with van der Waals surface area (Å²) in [7, 11) is 1.61. The summed E-state index contributed by atoms with van der Waals surface area (Å²) in [6.07, 6.45) is 2.11. The smallest absolute Gasteiger partial charge is 0.224 e. The van der Waals surface area contributed by atoms with E-state index < -0.39 is 0 Å². The van der Waals surface area contributed by atoms with Gasteiger partial charge in [-0.2, -0.15) is 5.26 Å². The molecule has 23 heavy (non-hydrogen) atoms. The zero-order valence-corrected chi connectivity index (χ0v) is 13.0. The second-order valence-corrected chi connectivity index (χ2v) is 5.43. The van der Waals surface area contributed by atoms with Crippen molar-refractivity contribution < 1.29 is 14.2 Å². The standard InChI is InChI=1S/C17H19N3O3/c1-21-13-4-6-14(7-5-13)23-17-16(19)9-12(10-18)20(17)11-15-3-2-8-22-15/h4-7,9,15H,2-3,8,11,19H2,1H3/t15-/m0/s1. The van der Waals surface area contributed by atoms with Crippen molar-refractivity contribution >= 4 is 5.69 Å². The molecule has 1 aliphatic rings. The average Bonchev–Trinajstić information content (AvgIpc) is 3.18. The summed E-state index contributed by atoms with van der Waals surface area (Å²) in [5, 5.41) is 9.33. The van der Waals surface area contributed by atoms with Crippen LogP contribution in [-0.4, -0.2) is 24.4 Å². The summed E-state index contributed by atoms with van der Waals surface area (Å²) in [6.45, 7) is 1.32. The number of ether oxygens (including phenoxy) is 3. The van der Waals surface area contributed by atoms with Gasteiger partial charge in [-0.25, -0.2) is 0 Å². The third-order valence-corrected chi connectivity index (χ3v) is 3.87. The summed E-state index contributed by atoms with van der Waals surface area (Å²) >= 11 is 0. The molecule has 2 N–H and O–H groups in total. The Bertz CT molecular complexity index is 710. The molecule has 1 fully saturated rings. The molecular weight excluding hydrogens is 294 g/mol. The molecule has 0 aliphatic carbocycles. The number of nitrogens with zero attached hydrogens (tertiary/aromatic N) is 2. The Morgan fingerprint density at radius 3 is 2.70 bits per heavy atom. The van der Waals surface area contributed by atoms with Crippen LogP contribution in [0.2, 0.25) is 0 Å². The predicted molar refractivity (Wildman–Crippen MR) is 85.6 cm³/mol. The highest BCUT2D eigenvalue weighted by molar-refractivity contribution is 5.56. The molecule has 1 aliphatic heterocycles. The zero-order valence-electron chi connectivity index (χ0n) is 13.0. The van der Waals surface area contributed by atoms with E-state index in [1.807, 2.05) is 12.1 Å². The second-order valence-electron chi connectivity index (χ2n) is 5.43. The number of hydrogen-bond acceptors (Lipinski definition) is 5. The molecule has 0 saturated carbocycles. The van der Waals surface area contributed by atoms with E-state index in [1.165, 1.54) is 0 Å². The highest BCUT2D eigenvalue weighted by Crippen LogP contribution is 2.33. The zero-order chi connectivity index (χ0) is 16.2. The van der Waals surface area contributed by atoms with Gasteiger partial charge >= 0.3 is 0 Å². The number of nitriles is 1. The van der Waals surface area contributed by atoms with E-state index in [-0.39, 0.29) is 6.10 Å². The van der Waals surface area contributed by atoms with Crippen molar-refractivity contribution in [2.75, 3.05) is 19.5 Å². The van der Waals surface area contributed by atoms with Crippen LogP contribution in [0.1, 0.15) is 18.5 Å². The van der Waals surface area contributed by atoms with Crippen molar-refractivity contribution in [3.8, 4) is 23.4 Å². The van der Waals surface area contributed by atoms with Gasteiger partial charge in [0.2, 0.25) is 5.88 Å². The van der Waals surface area contributed by atoms with Gasteiger partial charge in [0.25, 0.3) is 0 Å². The first-order valence-corrected chi connectivity index (χ1v) is 7.54. The maximum absolute atomic E-state index is 9.33. The highest BCUT2D eigenvalue weighted by atomic mass is 16.5. The van der Waals surface area contributed by atoms with Crippen LogP contribution < -0.4 is 15.2 Å².